The summed E-state index contributed by atoms with van der Waals surface area (Å²) in [5, 5.41) is 7.09. The summed E-state index contributed by atoms with van der Waals surface area (Å²) < 4.78 is 0. The molecule has 3 aromatic rings. The lowest BCUT2D eigenvalue weighted by molar-refractivity contribution is 0.676. The largest absolute Gasteiger partial charge is 0.312 e. The second-order valence-corrected chi connectivity index (χ2v) is 6.64. The Morgan fingerprint density at radius 1 is 0.462 bits per heavy atom. The molecule has 0 atom stereocenters. The van der Waals surface area contributed by atoms with E-state index in [2.05, 4.69) is 95.6 Å². The van der Waals surface area contributed by atoms with Gasteiger partial charge in [0, 0.05) is 13.1 Å². The molecule has 0 aromatic heterocycles. The van der Waals surface area contributed by atoms with E-state index in [0.29, 0.717) is 0 Å². The van der Waals surface area contributed by atoms with Crippen molar-refractivity contribution in [1.29, 1.82) is 0 Å². The first-order valence-electron chi connectivity index (χ1n) is 9.47. The molecule has 3 rings (SSSR count). The van der Waals surface area contributed by atoms with Crippen LogP contribution in [-0.2, 0) is 25.9 Å². The predicted molar refractivity (Wildman–Crippen MR) is 110 cm³/mol. The first-order chi connectivity index (χ1) is 12.9. The minimum absolute atomic E-state index is 0.921. The molecule has 0 saturated heterocycles. The van der Waals surface area contributed by atoms with Gasteiger partial charge in [-0.2, -0.15) is 0 Å². The number of hydrogen-bond donors (Lipinski definition) is 2. The molecule has 0 unspecified atom stereocenters. The fourth-order valence-corrected chi connectivity index (χ4v) is 3.07. The maximum atomic E-state index is 3.55. The standard InChI is InChI=1S/C24H28N2/c1-3-8-21(9-4-1)14-16-25-19-23-12-7-13-24(18-23)20-26-17-15-22-10-5-2-6-11-22/h1-13,18,25-26H,14-17,19-20H2. The zero-order chi connectivity index (χ0) is 17.9. The van der Waals surface area contributed by atoms with E-state index in [4.69, 9.17) is 0 Å². The van der Waals surface area contributed by atoms with E-state index >= 15 is 0 Å². The number of rotatable bonds is 10. The van der Waals surface area contributed by atoms with Gasteiger partial charge in [0.25, 0.3) is 0 Å². The lowest BCUT2D eigenvalue weighted by Gasteiger charge is -2.09. The van der Waals surface area contributed by atoms with Gasteiger partial charge < -0.3 is 10.6 Å². The highest BCUT2D eigenvalue weighted by atomic mass is 14.9. The molecule has 0 aliphatic rings. The highest BCUT2D eigenvalue weighted by molar-refractivity contribution is 5.23. The van der Waals surface area contributed by atoms with Crippen LogP contribution in [-0.4, -0.2) is 13.1 Å². The average Bonchev–Trinajstić information content (AvgIpc) is 2.71. The molecule has 0 radical (unpaired) electrons. The SMILES string of the molecule is c1ccc(CCNCc2cccc(CNCCc3ccccc3)c2)cc1. The summed E-state index contributed by atoms with van der Waals surface area (Å²) >= 11 is 0. The van der Waals surface area contributed by atoms with Crippen molar-refractivity contribution >= 4 is 0 Å². The van der Waals surface area contributed by atoms with Crippen LogP contribution in [0.1, 0.15) is 22.3 Å². The van der Waals surface area contributed by atoms with Gasteiger partial charge >= 0.3 is 0 Å². The average molecular weight is 345 g/mol. The van der Waals surface area contributed by atoms with Crippen molar-refractivity contribution in [1.82, 2.24) is 10.6 Å². The van der Waals surface area contributed by atoms with Crippen LogP contribution in [0.25, 0.3) is 0 Å². The van der Waals surface area contributed by atoms with Crippen LogP contribution in [0.15, 0.2) is 84.9 Å². The van der Waals surface area contributed by atoms with E-state index in [0.717, 1.165) is 39.0 Å². The Labute approximate surface area is 157 Å². The van der Waals surface area contributed by atoms with Gasteiger partial charge in [-0.15, -0.1) is 0 Å². The Morgan fingerprint density at radius 2 is 0.885 bits per heavy atom. The lowest BCUT2D eigenvalue weighted by atomic mass is 10.1. The molecule has 134 valence electrons. The van der Waals surface area contributed by atoms with Gasteiger partial charge in [-0.05, 0) is 48.2 Å². The molecular formula is C24H28N2. The Bertz CT molecular complexity index is 691. The van der Waals surface area contributed by atoms with Gasteiger partial charge in [0.2, 0.25) is 0 Å². The zero-order valence-electron chi connectivity index (χ0n) is 15.3. The van der Waals surface area contributed by atoms with Gasteiger partial charge in [-0.3, -0.25) is 0 Å². The van der Waals surface area contributed by atoms with Crippen LogP contribution in [0.2, 0.25) is 0 Å². The number of nitrogens with one attached hydrogen (secondary N) is 2. The van der Waals surface area contributed by atoms with Gasteiger partial charge in [0.05, 0.1) is 0 Å². The first-order valence-corrected chi connectivity index (χ1v) is 9.47. The van der Waals surface area contributed by atoms with Crippen LogP contribution in [0.4, 0.5) is 0 Å². The summed E-state index contributed by atoms with van der Waals surface area (Å²) in [5.74, 6) is 0. The quantitative estimate of drug-likeness (QED) is 0.534. The third-order valence-corrected chi connectivity index (χ3v) is 4.52. The molecule has 3 aromatic carbocycles. The van der Waals surface area contributed by atoms with Crippen LogP contribution < -0.4 is 10.6 Å². The van der Waals surface area contributed by atoms with E-state index < -0.39 is 0 Å². The molecule has 2 nitrogen and oxygen atoms in total. The molecule has 0 saturated carbocycles. The first kappa shape index (κ1) is 18.4. The molecule has 0 heterocycles. The molecule has 0 amide bonds. The molecule has 26 heavy (non-hydrogen) atoms. The molecule has 0 aliphatic heterocycles. The Morgan fingerprint density at radius 3 is 1.35 bits per heavy atom. The van der Waals surface area contributed by atoms with Crippen molar-refractivity contribution in [3.8, 4) is 0 Å². The molecule has 2 heteroatoms. The van der Waals surface area contributed by atoms with E-state index in [1.165, 1.54) is 22.3 Å². The summed E-state index contributed by atoms with van der Waals surface area (Å²) in [6, 6.07) is 30.1. The van der Waals surface area contributed by atoms with Crippen molar-refractivity contribution in [3.05, 3.63) is 107 Å². The molecular weight excluding hydrogens is 316 g/mol. The molecule has 0 bridgehead atoms. The van der Waals surface area contributed by atoms with E-state index in [1.807, 2.05) is 0 Å². The maximum absolute atomic E-state index is 3.55. The zero-order valence-corrected chi connectivity index (χ0v) is 15.3. The molecule has 0 aliphatic carbocycles. The van der Waals surface area contributed by atoms with Crippen LogP contribution in [0.3, 0.4) is 0 Å². The summed E-state index contributed by atoms with van der Waals surface area (Å²) in [6.45, 7) is 3.85. The van der Waals surface area contributed by atoms with E-state index in [1.54, 1.807) is 0 Å². The highest BCUT2D eigenvalue weighted by Gasteiger charge is 1.98. The summed E-state index contributed by atoms with van der Waals surface area (Å²) in [6.07, 6.45) is 2.14. The Hall–Kier alpha value is -2.42. The smallest absolute Gasteiger partial charge is 0.0205 e. The third-order valence-electron chi connectivity index (χ3n) is 4.52. The fourth-order valence-electron chi connectivity index (χ4n) is 3.07. The summed E-state index contributed by atoms with van der Waals surface area (Å²) in [4.78, 5) is 0. The summed E-state index contributed by atoms with van der Waals surface area (Å²) in [5.41, 5.74) is 5.47. The topological polar surface area (TPSA) is 24.1 Å². The number of benzene rings is 3. The van der Waals surface area contributed by atoms with E-state index in [-0.39, 0.29) is 0 Å². The van der Waals surface area contributed by atoms with Crippen molar-refractivity contribution in [3.63, 3.8) is 0 Å². The molecule has 0 spiro atoms. The molecule has 0 fully saturated rings. The van der Waals surface area contributed by atoms with Gasteiger partial charge in [0.1, 0.15) is 0 Å². The highest BCUT2D eigenvalue weighted by Crippen LogP contribution is 2.06. The lowest BCUT2D eigenvalue weighted by Crippen LogP contribution is -2.18. The summed E-state index contributed by atoms with van der Waals surface area (Å²) in [7, 11) is 0. The monoisotopic (exact) mass is 344 g/mol. The van der Waals surface area contributed by atoms with Gasteiger partial charge in [0.15, 0.2) is 0 Å². The fraction of sp³-hybridized carbons (Fsp3) is 0.250. The maximum Gasteiger partial charge on any atom is 0.0205 e. The minimum Gasteiger partial charge on any atom is -0.312 e. The number of hydrogen-bond acceptors (Lipinski definition) is 2. The van der Waals surface area contributed by atoms with Crippen LogP contribution >= 0.6 is 0 Å². The Balaban J connectivity index is 1.36. The minimum atomic E-state index is 0.921. The van der Waals surface area contributed by atoms with Gasteiger partial charge in [-0.1, -0.05) is 84.9 Å². The van der Waals surface area contributed by atoms with Crippen LogP contribution in [0, 0.1) is 0 Å². The Kier molecular flexibility index (Phi) is 7.45. The predicted octanol–water partition coefficient (Wildman–Crippen LogP) is 4.35. The second-order valence-electron chi connectivity index (χ2n) is 6.64. The van der Waals surface area contributed by atoms with Crippen molar-refractivity contribution in [2.45, 2.75) is 25.9 Å². The van der Waals surface area contributed by atoms with Gasteiger partial charge in [-0.25, -0.2) is 0 Å². The van der Waals surface area contributed by atoms with Crippen molar-refractivity contribution in [2.24, 2.45) is 0 Å². The third kappa shape index (κ3) is 6.47. The van der Waals surface area contributed by atoms with Crippen molar-refractivity contribution in [2.75, 3.05) is 13.1 Å². The molecule has 2 N–H and O–H groups in total. The van der Waals surface area contributed by atoms with Crippen LogP contribution in [0.5, 0.6) is 0 Å². The van der Waals surface area contributed by atoms with Crippen molar-refractivity contribution < 1.29 is 0 Å². The second kappa shape index (κ2) is 10.5. The normalized spacial score (nSPS) is 10.8. The van der Waals surface area contributed by atoms with E-state index in [9.17, 15) is 0 Å².